The van der Waals surface area contributed by atoms with Crippen LogP contribution in [0.4, 0.5) is 4.79 Å². The van der Waals surface area contributed by atoms with Gasteiger partial charge in [0.25, 0.3) is 0 Å². The van der Waals surface area contributed by atoms with E-state index in [0.29, 0.717) is 0 Å². The maximum Gasteiger partial charge on any atom is 0.405 e. The number of benzene rings is 1. The van der Waals surface area contributed by atoms with Crippen molar-refractivity contribution in [3.63, 3.8) is 0 Å². The lowest BCUT2D eigenvalue weighted by Crippen LogP contribution is -2.22. The predicted octanol–water partition coefficient (Wildman–Crippen LogP) is 0.510. The van der Waals surface area contributed by atoms with Gasteiger partial charge in [-0.25, -0.2) is 4.79 Å². The van der Waals surface area contributed by atoms with Gasteiger partial charge in [0.05, 0.1) is 0 Å². The summed E-state index contributed by atoms with van der Waals surface area (Å²) >= 11 is 0. The van der Waals surface area contributed by atoms with Crippen LogP contribution < -0.4 is 5.73 Å². The molecule has 1 aromatic carbocycles. The van der Waals surface area contributed by atoms with Gasteiger partial charge in [0.2, 0.25) is 0 Å². The molecular weight excluding hydrogens is 222 g/mol. The Hall–Kier alpha value is -2.44. The molecule has 7 nitrogen and oxygen atoms in total. The van der Waals surface area contributed by atoms with E-state index >= 15 is 0 Å². The SMILES string of the molecule is NC(=O)OC(Cn1ncnn1)c1ccccc1. The average Bonchev–Trinajstić information content (AvgIpc) is 2.82. The molecule has 2 N–H and O–H groups in total. The van der Waals surface area contributed by atoms with Crippen LogP contribution >= 0.6 is 0 Å². The Kier molecular flexibility index (Phi) is 3.29. The van der Waals surface area contributed by atoms with Crippen molar-refractivity contribution in [2.75, 3.05) is 0 Å². The van der Waals surface area contributed by atoms with Crippen molar-refractivity contribution in [3.8, 4) is 0 Å². The molecule has 1 unspecified atom stereocenters. The molecule has 0 saturated carbocycles. The van der Waals surface area contributed by atoms with Crippen molar-refractivity contribution in [2.24, 2.45) is 5.73 Å². The third-order valence-corrected chi connectivity index (χ3v) is 2.15. The Morgan fingerprint density at radius 3 is 2.76 bits per heavy atom. The molecule has 0 aliphatic heterocycles. The predicted molar refractivity (Wildman–Crippen MR) is 57.7 cm³/mol. The van der Waals surface area contributed by atoms with E-state index < -0.39 is 12.2 Å². The van der Waals surface area contributed by atoms with E-state index in [4.69, 9.17) is 10.5 Å². The minimum absolute atomic E-state index is 0.271. The van der Waals surface area contributed by atoms with Gasteiger partial charge < -0.3 is 10.5 Å². The van der Waals surface area contributed by atoms with E-state index in [1.807, 2.05) is 30.3 Å². The Balaban J connectivity index is 2.16. The minimum Gasteiger partial charge on any atom is -0.439 e. The average molecular weight is 233 g/mol. The molecule has 0 fully saturated rings. The number of tetrazole rings is 1. The molecule has 17 heavy (non-hydrogen) atoms. The highest BCUT2D eigenvalue weighted by Gasteiger charge is 2.16. The number of carbonyl (C=O) groups excluding carboxylic acids is 1. The van der Waals surface area contributed by atoms with Crippen molar-refractivity contribution in [1.82, 2.24) is 20.2 Å². The van der Waals surface area contributed by atoms with E-state index in [2.05, 4.69) is 15.4 Å². The monoisotopic (exact) mass is 233 g/mol. The van der Waals surface area contributed by atoms with E-state index in [0.717, 1.165) is 5.56 Å². The van der Waals surface area contributed by atoms with Gasteiger partial charge in [0, 0.05) is 0 Å². The Bertz CT molecular complexity index is 471. The molecule has 0 saturated heterocycles. The van der Waals surface area contributed by atoms with Gasteiger partial charge in [-0.3, -0.25) is 0 Å². The lowest BCUT2D eigenvalue weighted by atomic mass is 10.1. The first-order valence-electron chi connectivity index (χ1n) is 4.97. The van der Waals surface area contributed by atoms with Crippen LogP contribution in [-0.4, -0.2) is 26.3 Å². The summed E-state index contributed by atoms with van der Waals surface area (Å²) in [7, 11) is 0. The third-order valence-electron chi connectivity index (χ3n) is 2.15. The summed E-state index contributed by atoms with van der Waals surface area (Å²) in [6.07, 6.45) is -0.0476. The smallest absolute Gasteiger partial charge is 0.405 e. The fourth-order valence-electron chi connectivity index (χ4n) is 1.44. The highest BCUT2D eigenvalue weighted by Crippen LogP contribution is 2.18. The lowest BCUT2D eigenvalue weighted by molar-refractivity contribution is 0.0900. The van der Waals surface area contributed by atoms with Crippen LogP contribution in [0.2, 0.25) is 0 Å². The lowest BCUT2D eigenvalue weighted by Gasteiger charge is -2.15. The highest BCUT2D eigenvalue weighted by atomic mass is 16.6. The number of carbonyl (C=O) groups is 1. The number of hydrogen-bond donors (Lipinski definition) is 1. The topological polar surface area (TPSA) is 95.9 Å². The molecule has 0 aliphatic carbocycles. The van der Waals surface area contributed by atoms with Crippen molar-refractivity contribution in [3.05, 3.63) is 42.2 Å². The normalized spacial score (nSPS) is 12.0. The number of aromatic nitrogens is 4. The molecular formula is C10H11N5O2. The van der Waals surface area contributed by atoms with Crippen LogP contribution in [0.5, 0.6) is 0 Å². The standard InChI is InChI=1S/C10H11N5O2/c11-10(16)17-9(6-15-13-7-12-14-15)8-4-2-1-3-5-8/h1-5,7,9H,6H2,(H2,11,16). The zero-order valence-corrected chi connectivity index (χ0v) is 8.93. The molecule has 2 aromatic rings. The quantitative estimate of drug-likeness (QED) is 0.829. The van der Waals surface area contributed by atoms with Gasteiger partial charge in [-0.1, -0.05) is 30.3 Å². The zero-order valence-electron chi connectivity index (χ0n) is 8.93. The van der Waals surface area contributed by atoms with Crippen LogP contribution in [0.25, 0.3) is 0 Å². The molecule has 88 valence electrons. The molecule has 7 heteroatoms. The second-order valence-corrected chi connectivity index (χ2v) is 3.33. The van der Waals surface area contributed by atoms with Gasteiger partial charge in [0.15, 0.2) is 12.4 Å². The molecule has 0 spiro atoms. The van der Waals surface area contributed by atoms with E-state index in [-0.39, 0.29) is 6.54 Å². The maximum absolute atomic E-state index is 10.8. The van der Waals surface area contributed by atoms with Crippen LogP contribution in [-0.2, 0) is 11.3 Å². The van der Waals surface area contributed by atoms with E-state index in [9.17, 15) is 4.79 Å². The Morgan fingerprint density at radius 1 is 1.41 bits per heavy atom. The molecule has 1 heterocycles. The molecule has 1 atom stereocenters. The fraction of sp³-hybridized carbons (Fsp3) is 0.200. The molecule has 1 amide bonds. The largest absolute Gasteiger partial charge is 0.439 e. The van der Waals surface area contributed by atoms with Gasteiger partial charge in [0.1, 0.15) is 6.54 Å². The Morgan fingerprint density at radius 2 is 2.18 bits per heavy atom. The second-order valence-electron chi connectivity index (χ2n) is 3.33. The van der Waals surface area contributed by atoms with Gasteiger partial charge in [-0.2, -0.15) is 4.80 Å². The third kappa shape index (κ3) is 3.00. The molecule has 0 bridgehead atoms. The van der Waals surface area contributed by atoms with E-state index in [1.165, 1.54) is 11.1 Å². The van der Waals surface area contributed by atoms with Crippen LogP contribution in [0.1, 0.15) is 11.7 Å². The van der Waals surface area contributed by atoms with Crippen molar-refractivity contribution >= 4 is 6.09 Å². The number of hydrogen-bond acceptors (Lipinski definition) is 5. The fourth-order valence-corrected chi connectivity index (χ4v) is 1.44. The summed E-state index contributed by atoms with van der Waals surface area (Å²) in [6.45, 7) is 0.271. The maximum atomic E-state index is 10.8. The van der Waals surface area contributed by atoms with Gasteiger partial charge >= 0.3 is 6.09 Å². The number of nitrogens with two attached hydrogens (primary N) is 1. The summed E-state index contributed by atoms with van der Waals surface area (Å²) in [4.78, 5) is 12.2. The van der Waals surface area contributed by atoms with Crippen LogP contribution in [0.15, 0.2) is 36.7 Å². The highest BCUT2D eigenvalue weighted by molar-refractivity contribution is 5.65. The first-order chi connectivity index (χ1) is 8.25. The minimum atomic E-state index is -0.834. The summed E-state index contributed by atoms with van der Waals surface area (Å²) in [5.41, 5.74) is 5.86. The molecule has 0 radical (unpaired) electrons. The van der Waals surface area contributed by atoms with Gasteiger partial charge in [-0.15, -0.1) is 10.2 Å². The first-order valence-corrected chi connectivity index (χ1v) is 4.97. The number of nitrogens with zero attached hydrogens (tertiary/aromatic N) is 4. The van der Waals surface area contributed by atoms with Crippen LogP contribution in [0.3, 0.4) is 0 Å². The summed E-state index contributed by atoms with van der Waals surface area (Å²) < 4.78 is 5.02. The van der Waals surface area contributed by atoms with Crippen molar-refractivity contribution in [2.45, 2.75) is 12.6 Å². The number of ether oxygens (including phenoxy) is 1. The summed E-state index contributed by atoms with van der Waals surface area (Å²) in [5.74, 6) is 0. The number of primary amides is 1. The number of rotatable bonds is 4. The van der Waals surface area contributed by atoms with Crippen molar-refractivity contribution in [1.29, 1.82) is 0 Å². The molecule has 0 aliphatic rings. The number of amides is 1. The first kappa shape index (κ1) is 11.1. The second kappa shape index (κ2) is 5.06. The molecule has 2 rings (SSSR count). The summed E-state index contributed by atoms with van der Waals surface area (Å²) in [5, 5.41) is 11.1. The summed E-state index contributed by atoms with van der Waals surface area (Å²) in [6, 6.07) is 9.25. The van der Waals surface area contributed by atoms with Gasteiger partial charge in [-0.05, 0) is 10.8 Å². The van der Waals surface area contributed by atoms with Crippen LogP contribution in [0, 0.1) is 0 Å². The zero-order chi connectivity index (χ0) is 12.1. The van der Waals surface area contributed by atoms with Crippen molar-refractivity contribution < 1.29 is 9.53 Å². The van der Waals surface area contributed by atoms with E-state index in [1.54, 1.807) is 0 Å². The Labute approximate surface area is 97.2 Å². The molecule has 1 aromatic heterocycles.